The van der Waals surface area contributed by atoms with E-state index in [9.17, 15) is 4.79 Å². The minimum absolute atomic E-state index is 0.0113. The van der Waals surface area contributed by atoms with Gasteiger partial charge in [0.15, 0.2) is 0 Å². The highest BCUT2D eigenvalue weighted by Crippen LogP contribution is 2.40. The van der Waals surface area contributed by atoms with E-state index in [1.807, 2.05) is 17.1 Å². The van der Waals surface area contributed by atoms with E-state index in [1.54, 1.807) is 6.08 Å². The van der Waals surface area contributed by atoms with Crippen molar-refractivity contribution < 1.29 is 4.79 Å². The third-order valence-corrected chi connectivity index (χ3v) is 3.09. The summed E-state index contributed by atoms with van der Waals surface area (Å²) in [4.78, 5) is 14.1. The number of allylic oxidation sites excluding steroid dienone is 2. The van der Waals surface area contributed by atoms with Crippen molar-refractivity contribution >= 4 is 5.91 Å². The van der Waals surface area contributed by atoms with Gasteiger partial charge in [-0.15, -0.1) is 0 Å². The number of hydrogen-bond acceptors (Lipinski definition) is 1. The minimum Gasteiger partial charge on any atom is -0.337 e. The van der Waals surface area contributed by atoms with Crippen LogP contribution in [-0.4, -0.2) is 22.9 Å². The molecule has 0 aromatic carbocycles. The number of amides is 1. The maximum atomic E-state index is 12.1. The van der Waals surface area contributed by atoms with E-state index in [0.29, 0.717) is 6.42 Å². The maximum Gasteiger partial charge on any atom is 0.226 e. The van der Waals surface area contributed by atoms with Gasteiger partial charge in [-0.05, 0) is 25.7 Å². The molecule has 0 aliphatic carbocycles. The molecule has 0 atom stereocenters. The Hall–Kier alpha value is -1.05. The highest BCUT2D eigenvalue weighted by molar-refractivity contribution is 5.79. The van der Waals surface area contributed by atoms with Gasteiger partial charge in [0.1, 0.15) is 0 Å². The van der Waals surface area contributed by atoms with Crippen molar-refractivity contribution in [3.63, 3.8) is 0 Å². The molecule has 1 amide bonds. The zero-order valence-corrected chi connectivity index (χ0v) is 10.9. The van der Waals surface area contributed by atoms with Gasteiger partial charge in [0, 0.05) is 18.5 Å². The molecule has 0 N–H and O–H groups in total. The first-order valence-electron chi connectivity index (χ1n) is 5.86. The molecule has 90 valence electrons. The van der Waals surface area contributed by atoms with E-state index in [1.165, 1.54) is 0 Å². The van der Waals surface area contributed by atoms with Gasteiger partial charge in [0.2, 0.25) is 5.91 Å². The minimum atomic E-state index is -0.0113. The zero-order chi connectivity index (χ0) is 12.4. The third-order valence-electron chi connectivity index (χ3n) is 3.09. The fourth-order valence-electron chi connectivity index (χ4n) is 2.77. The van der Waals surface area contributed by atoms with Crippen molar-refractivity contribution in [3.05, 3.63) is 24.8 Å². The number of rotatable bonds is 3. The van der Waals surface area contributed by atoms with Gasteiger partial charge in [-0.1, -0.05) is 38.7 Å². The second-order valence-corrected chi connectivity index (χ2v) is 6.00. The van der Waals surface area contributed by atoms with Crippen molar-refractivity contribution in [3.8, 4) is 0 Å². The zero-order valence-electron chi connectivity index (χ0n) is 10.9. The molecule has 1 fully saturated rings. The molecule has 1 aliphatic heterocycles. The topological polar surface area (TPSA) is 20.3 Å². The molecule has 2 heteroatoms. The van der Waals surface area contributed by atoms with Crippen LogP contribution in [-0.2, 0) is 4.79 Å². The number of likely N-dealkylation sites (tertiary alicyclic amines) is 1. The predicted octanol–water partition coefficient (Wildman–Crippen LogP) is 3.16. The molecule has 0 aromatic rings. The molecule has 0 unspecified atom stereocenters. The van der Waals surface area contributed by atoms with Crippen LogP contribution in [0.1, 0.15) is 40.5 Å². The number of hydrogen-bond donors (Lipinski definition) is 0. The van der Waals surface area contributed by atoms with E-state index >= 15 is 0 Å². The van der Waals surface area contributed by atoms with Crippen LogP contribution in [0.2, 0.25) is 0 Å². The van der Waals surface area contributed by atoms with E-state index < -0.39 is 0 Å². The van der Waals surface area contributed by atoms with E-state index in [0.717, 1.165) is 13.0 Å². The van der Waals surface area contributed by atoms with Crippen LogP contribution < -0.4 is 0 Å². The Labute approximate surface area is 99.0 Å². The van der Waals surface area contributed by atoms with Crippen LogP contribution >= 0.6 is 0 Å². The fraction of sp³-hybridized carbons (Fsp3) is 0.643. The first kappa shape index (κ1) is 13.0. The summed E-state index contributed by atoms with van der Waals surface area (Å²) in [5, 5.41) is 0. The van der Waals surface area contributed by atoms with Gasteiger partial charge in [-0.2, -0.15) is 0 Å². The summed E-state index contributed by atoms with van der Waals surface area (Å²) in [6, 6.07) is 0. The monoisotopic (exact) mass is 221 g/mol. The standard InChI is InChI=1S/C14H23NO/c1-6-7-8-9-12(16)15-11-13(2,3)10-14(15,4)5/h6-8H,1,9-11H2,2-5H3/b8-7-. The molecule has 16 heavy (non-hydrogen) atoms. The molecular weight excluding hydrogens is 198 g/mol. The Kier molecular flexibility index (Phi) is 3.61. The molecule has 1 aliphatic rings. The molecule has 0 bridgehead atoms. The van der Waals surface area contributed by atoms with Gasteiger partial charge in [0.25, 0.3) is 0 Å². The second-order valence-electron chi connectivity index (χ2n) is 6.00. The normalized spacial score (nSPS) is 22.6. The Morgan fingerprint density at radius 2 is 2.00 bits per heavy atom. The summed E-state index contributed by atoms with van der Waals surface area (Å²) >= 11 is 0. The highest BCUT2D eigenvalue weighted by atomic mass is 16.2. The Bertz CT molecular complexity index is 313. The molecule has 0 aromatic heterocycles. The lowest BCUT2D eigenvalue weighted by molar-refractivity contribution is -0.133. The van der Waals surface area contributed by atoms with Crippen molar-refractivity contribution in [2.75, 3.05) is 6.54 Å². The lowest BCUT2D eigenvalue weighted by Gasteiger charge is -2.31. The van der Waals surface area contributed by atoms with Crippen LogP contribution in [0.15, 0.2) is 24.8 Å². The smallest absolute Gasteiger partial charge is 0.226 e. The first-order valence-corrected chi connectivity index (χ1v) is 5.86. The van der Waals surface area contributed by atoms with Crippen LogP contribution in [0.3, 0.4) is 0 Å². The van der Waals surface area contributed by atoms with Crippen LogP contribution in [0, 0.1) is 5.41 Å². The third kappa shape index (κ3) is 2.97. The second kappa shape index (κ2) is 4.44. The molecule has 0 radical (unpaired) electrons. The summed E-state index contributed by atoms with van der Waals surface area (Å²) in [6.07, 6.45) is 6.94. The average Bonchev–Trinajstić information content (AvgIpc) is 2.34. The van der Waals surface area contributed by atoms with Gasteiger partial charge in [0.05, 0.1) is 0 Å². The Balaban J connectivity index is 2.69. The summed E-state index contributed by atoms with van der Waals surface area (Å²) < 4.78 is 0. The van der Waals surface area contributed by atoms with Crippen LogP contribution in [0.25, 0.3) is 0 Å². The molecule has 1 saturated heterocycles. The van der Waals surface area contributed by atoms with Crippen molar-refractivity contribution in [1.82, 2.24) is 4.90 Å². The number of carbonyl (C=O) groups is 1. The highest BCUT2D eigenvalue weighted by Gasteiger charge is 2.44. The van der Waals surface area contributed by atoms with Gasteiger partial charge < -0.3 is 4.90 Å². The van der Waals surface area contributed by atoms with E-state index in [2.05, 4.69) is 34.3 Å². The van der Waals surface area contributed by atoms with Crippen LogP contribution in [0.5, 0.6) is 0 Å². The molecule has 0 spiro atoms. The summed E-state index contributed by atoms with van der Waals surface area (Å²) in [6.45, 7) is 13.2. The summed E-state index contributed by atoms with van der Waals surface area (Å²) in [7, 11) is 0. The first-order chi connectivity index (χ1) is 7.28. The van der Waals surface area contributed by atoms with Crippen LogP contribution in [0.4, 0.5) is 0 Å². The average molecular weight is 221 g/mol. The van der Waals surface area contributed by atoms with E-state index in [-0.39, 0.29) is 16.9 Å². The van der Waals surface area contributed by atoms with Crippen molar-refractivity contribution in [1.29, 1.82) is 0 Å². The maximum absolute atomic E-state index is 12.1. The lowest BCUT2D eigenvalue weighted by atomic mass is 9.86. The Morgan fingerprint density at radius 3 is 2.44 bits per heavy atom. The number of carbonyl (C=O) groups excluding carboxylic acids is 1. The Morgan fingerprint density at radius 1 is 1.38 bits per heavy atom. The quantitative estimate of drug-likeness (QED) is 0.670. The van der Waals surface area contributed by atoms with Crippen molar-refractivity contribution in [2.45, 2.75) is 46.1 Å². The molecule has 1 rings (SSSR count). The molecule has 1 heterocycles. The van der Waals surface area contributed by atoms with E-state index in [4.69, 9.17) is 0 Å². The largest absolute Gasteiger partial charge is 0.337 e. The fourth-order valence-corrected chi connectivity index (χ4v) is 2.77. The van der Waals surface area contributed by atoms with Crippen molar-refractivity contribution in [2.24, 2.45) is 5.41 Å². The summed E-state index contributed by atoms with van der Waals surface area (Å²) in [5.41, 5.74) is 0.226. The van der Waals surface area contributed by atoms with Gasteiger partial charge in [-0.25, -0.2) is 0 Å². The number of nitrogens with zero attached hydrogens (tertiary/aromatic N) is 1. The predicted molar refractivity (Wildman–Crippen MR) is 68.1 cm³/mol. The lowest BCUT2D eigenvalue weighted by Crippen LogP contribution is -2.42. The summed E-state index contributed by atoms with van der Waals surface area (Å²) in [5.74, 6) is 0.216. The molecule has 2 nitrogen and oxygen atoms in total. The van der Waals surface area contributed by atoms with Gasteiger partial charge >= 0.3 is 0 Å². The van der Waals surface area contributed by atoms with Gasteiger partial charge in [-0.3, -0.25) is 4.79 Å². The molecular formula is C14H23NO. The molecule has 0 saturated carbocycles. The SMILES string of the molecule is C=C/C=C\CC(=O)N1CC(C)(C)CC1(C)C.